The minimum atomic E-state index is -3.82. The van der Waals surface area contributed by atoms with Crippen molar-refractivity contribution >= 4 is 15.8 Å². The summed E-state index contributed by atoms with van der Waals surface area (Å²) in [5.41, 5.74) is 0.697. The fourth-order valence-electron chi connectivity index (χ4n) is 2.62. The van der Waals surface area contributed by atoms with Crippen LogP contribution in [0.15, 0.2) is 52.5 Å². The maximum absolute atomic E-state index is 12.8. The molecule has 0 heterocycles. The first-order valence-corrected chi connectivity index (χ1v) is 9.35. The molecule has 5 nitrogen and oxygen atoms in total. The van der Waals surface area contributed by atoms with E-state index in [1.54, 1.807) is 38.1 Å². The molecule has 0 unspecified atom stereocenters. The van der Waals surface area contributed by atoms with Crippen LogP contribution in [0.1, 0.15) is 32.8 Å². The van der Waals surface area contributed by atoms with E-state index in [2.05, 4.69) is 4.72 Å². The number of nitrogens with one attached hydrogen (secondary N) is 1. The number of sulfonamides is 1. The largest absolute Gasteiger partial charge is 0.352 e. The van der Waals surface area contributed by atoms with E-state index in [0.29, 0.717) is 17.8 Å². The molecular weight excluding hydrogens is 326 g/mol. The van der Waals surface area contributed by atoms with Crippen molar-refractivity contribution in [2.45, 2.75) is 44.7 Å². The number of hydrogen-bond donors (Lipinski definition) is 1. The topological polar surface area (TPSA) is 72.5 Å². The molecule has 1 aromatic carbocycles. The molecular formula is C18H23NO4S. The Morgan fingerprint density at radius 2 is 1.58 bits per heavy atom. The Hall–Kier alpha value is -1.76. The first-order valence-electron chi connectivity index (χ1n) is 7.87. The van der Waals surface area contributed by atoms with Crippen molar-refractivity contribution < 1.29 is 17.9 Å². The third-order valence-corrected chi connectivity index (χ3v) is 5.41. The van der Waals surface area contributed by atoms with Gasteiger partial charge in [0.1, 0.15) is 0 Å². The van der Waals surface area contributed by atoms with E-state index >= 15 is 0 Å². The fourth-order valence-corrected chi connectivity index (χ4v) is 3.99. The summed E-state index contributed by atoms with van der Waals surface area (Å²) in [6, 6.07) is 6.59. The standard InChI is InChI=1S/C18H23NO4S/c1-5-10-23-18(14(3)11-16(20)12-15(18)4)19-24(21,22)17-8-6-13(2)7-9-17/h6-9,11-12,19H,5,10H2,1-4H3. The van der Waals surface area contributed by atoms with Crippen LogP contribution in [0.3, 0.4) is 0 Å². The molecule has 0 spiro atoms. The highest BCUT2D eigenvalue weighted by Crippen LogP contribution is 2.32. The van der Waals surface area contributed by atoms with Gasteiger partial charge in [-0.2, -0.15) is 4.72 Å². The van der Waals surface area contributed by atoms with Crippen molar-refractivity contribution in [1.29, 1.82) is 0 Å². The molecule has 130 valence electrons. The lowest BCUT2D eigenvalue weighted by Gasteiger charge is -2.38. The van der Waals surface area contributed by atoms with E-state index < -0.39 is 15.7 Å². The second kappa shape index (κ2) is 7.01. The predicted molar refractivity (Wildman–Crippen MR) is 93.0 cm³/mol. The zero-order chi connectivity index (χ0) is 18.0. The van der Waals surface area contributed by atoms with E-state index in [1.807, 2.05) is 13.8 Å². The molecule has 0 saturated heterocycles. The molecule has 6 heteroatoms. The van der Waals surface area contributed by atoms with Gasteiger partial charge in [0, 0.05) is 6.61 Å². The van der Waals surface area contributed by atoms with Gasteiger partial charge < -0.3 is 4.74 Å². The van der Waals surface area contributed by atoms with Crippen LogP contribution >= 0.6 is 0 Å². The molecule has 0 radical (unpaired) electrons. The highest BCUT2D eigenvalue weighted by Gasteiger charge is 2.42. The smallest absolute Gasteiger partial charge is 0.243 e. The van der Waals surface area contributed by atoms with Crippen LogP contribution in [0.4, 0.5) is 0 Å². The SMILES string of the molecule is CCCOC1(NS(=O)(=O)c2ccc(C)cc2)C(C)=CC(=O)C=C1C. The first kappa shape index (κ1) is 18.6. The molecule has 24 heavy (non-hydrogen) atoms. The normalized spacial score (nSPS) is 17.4. The number of ether oxygens (including phenoxy) is 1. The summed E-state index contributed by atoms with van der Waals surface area (Å²) in [5, 5.41) is 0. The van der Waals surface area contributed by atoms with Crippen LogP contribution in [-0.4, -0.2) is 26.5 Å². The van der Waals surface area contributed by atoms with E-state index in [0.717, 1.165) is 12.0 Å². The van der Waals surface area contributed by atoms with Crippen LogP contribution in [0, 0.1) is 6.92 Å². The molecule has 1 aliphatic carbocycles. The maximum Gasteiger partial charge on any atom is 0.243 e. The Morgan fingerprint density at radius 1 is 1.04 bits per heavy atom. The Bertz CT molecular complexity index is 767. The highest BCUT2D eigenvalue weighted by molar-refractivity contribution is 7.89. The molecule has 0 fully saturated rings. The summed E-state index contributed by atoms with van der Waals surface area (Å²) in [6.45, 7) is 7.58. The minimum absolute atomic E-state index is 0.157. The lowest BCUT2D eigenvalue weighted by atomic mass is 9.90. The van der Waals surface area contributed by atoms with Crippen LogP contribution in [-0.2, 0) is 19.6 Å². The molecule has 0 aromatic heterocycles. The fraction of sp³-hybridized carbons (Fsp3) is 0.389. The highest BCUT2D eigenvalue weighted by atomic mass is 32.2. The van der Waals surface area contributed by atoms with Crippen LogP contribution in [0.25, 0.3) is 0 Å². The van der Waals surface area contributed by atoms with Crippen LogP contribution in [0.2, 0.25) is 0 Å². The summed E-state index contributed by atoms with van der Waals surface area (Å²) >= 11 is 0. The first-order chi connectivity index (χ1) is 11.2. The van der Waals surface area contributed by atoms with Crippen molar-refractivity contribution in [3.8, 4) is 0 Å². The Morgan fingerprint density at radius 3 is 2.08 bits per heavy atom. The summed E-state index contributed by atoms with van der Waals surface area (Å²) in [7, 11) is -3.82. The number of carbonyl (C=O) groups excluding carboxylic acids is 1. The van der Waals surface area contributed by atoms with Gasteiger partial charge in [0.15, 0.2) is 11.5 Å². The van der Waals surface area contributed by atoms with Crippen molar-refractivity contribution in [3.05, 3.63) is 53.1 Å². The second-order valence-electron chi connectivity index (χ2n) is 6.01. The van der Waals surface area contributed by atoms with Gasteiger partial charge in [0.2, 0.25) is 10.0 Å². The van der Waals surface area contributed by atoms with Gasteiger partial charge in [0.05, 0.1) is 4.90 Å². The third kappa shape index (κ3) is 3.66. The Kier molecular flexibility index (Phi) is 5.42. The van der Waals surface area contributed by atoms with Crippen molar-refractivity contribution in [3.63, 3.8) is 0 Å². The number of allylic oxidation sites excluding steroid dienone is 2. The quantitative estimate of drug-likeness (QED) is 0.802. The Balaban J connectivity index is 2.46. The lowest BCUT2D eigenvalue weighted by Crippen LogP contribution is -2.53. The molecule has 0 aliphatic heterocycles. The molecule has 1 N–H and O–H groups in total. The average Bonchev–Trinajstić information content (AvgIpc) is 2.50. The number of rotatable bonds is 6. The minimum Gasteiger partial charge on any atom is -0.352 e. The van der Waals surface area contributed by atoms with Gasteiger partial charge in [-0.05, 0) is 62.6 Å². The monoisotopic (exact) mass is 349 g/mol. The van der Waals surface area contributed by atoms with Gasteiger partial charge in [-0.25, -0.2) is 8.42 Å². The summed E-state index contributed by atoms with van der Waals surface area (Å²) in [4.78, 5) is 11.9. The van der Waals surface area contributed by atoms with E-state index in [9.17, 15) is 13.2 Å². The third-order valence-electron chi connectivity index (χ3n) is 3.96. The summed E-state index contributed by atoms with van der Waals surface area (Å²) < 4.78 is 34.2. The number of aryl methyl sites for hydroxylation is 1. The van der Waals surface area contributed by atoms with Crippen LogP contribution in [0.5, 0.6) is 0 Å². The van der Waals surface area contributed by atoms with E-state index in [4.69, 9.17) is 4.74 Å². The molecule has 0 saturated carbocycles. The number of carbonyl (C=O) groups is 1. The number of ketones is 1. The predicted octanol–water partition coefficient (Wildman–Crippen LogP) is 2.87. The molecule has 2 rings (SSSR count). The molecule has 1 aromatic rings. The maximum atomic E-state index is 12.8. The van der Waals surface area contributed by atoms with Crippen molar-refractivity contribution in [1.82, 2.24) is 4.72 Å². The van der Waals surface area contributed by atoms with Crippen molar-refractivity contribution in [2.75, 3.05) is 6.61 Å². The Labute approximate surface area is 143 Å². The van der Waals surface area contributed by atoms with Gasteiger partial charge in [-0.15, -0.1) is 0 Å². The van der Waals surface area contributed by atoms with Gasteiger partial charge in [-0.1, -0.05) is 24.6 Å². The summed E-state index contributed by atoms with van der Waals surface area (Å²) in [5.74, 6) is -0.171. The van der Waals surface area contributed by atoms with E-state index in [-0.39, 0.29) is 10.7 Å². The van der Waals surface area contributed by atoms with Gasteiger partial charge in [0.25, 0.3) is 0 Å². The van der Waals surface area contributed by atoms with Gasteiger partial charge >= 0.3 is 0 Å². The molecule has 0 atom stereocenters. The number of benzene rings is 1. The summed E-state index contributed by atoms with van der Waals surface area (Å²) in [6.07, 6.45) is 3.53. The number of hydrogen-bond acceptors (Lipinski definition) is 4. The molecule has 1 aliphatic rings. The van der Waals surface area contributed by atoms with E-state index in [1.165, 1.54) is 12.2 Å². The van der Waals surface area contributed by atoms with Crippen LogP contribution < -0.4 is 4.72 Å². The lowest BCUT2D eigenvalue weighted by molar-refractivity contribution is -0.111. The average molecular weight is 349 g/mol. The van der Waals surface area contributed by atoms with Gasteiger partial charge in [-0.3, -0.25) is 4.79 Å². The molecule has 0 amide bonds. The zero-order valence-corrected chi connectivity index (χ0v) is 15.2. The zero-order valence-electron chi connectivity index (χ0n) is 14.4. The van der Waals surface area contributed by atoms with Crippen molar-refractivity contribution in [2.24, 2.45) is 0 Å². The second-order valence-corrected chi connectivity index (χ2v) is 7.69. The molecule has 0 bridgehead atoms.